The normalized spacial score (nSPS) is 17.8. The van der Waals surface area contributed by atoms with Crippen molar-refractivity contribution in [1.82, 2.24) is 20.1 Å². The van der Waals surface area contributed by atoms with E-state index in [4.69, 9.17) is 11.6 Å². The highest BCUT2D eigenvalue weighted by atomic mass is 35.5. The number of pyridine rings is 1. The van der Waals surface area contributed by atoms with Gasteiger partial charge in [-0.3, -0.25) is 14.7 Å². The molecule has 7 heteroatoms. The number of hydrogen-bond acceptors (Lipinski definition) is 4. The van der Waals surface area contributed by atoms with Crippen molar-refractivity contribution in [2.24, 2.45) is 0 Å². The fraction of sp³-hybridized carbons (Fsp3) is 0.353. The molecule has 6 nitrogen and oxygen atoms in total. The lowest BCUT2D eigenvalue weighted by molar-refractivity contribution is -0.121. The Kier molecular flexibility index (Phi) is 3.66. The molecule has 124 valence electrons. The third-order valence-corrected chi connectivity index (χ3v) is 4.91. The Morgan fingerprint density at radius 1 is 1.46 bits per heavy atom. The van der Waals surface area contributed by atoms with Crippen LogP contribution in [0, 0.1) is 6.92 Å². The lowest BCUT2D eigenvalue weighted by atomic mass is 10.1. The molecule has 24 heavy (non-hydrogen) atoms. The first-order valence-electron chi connectivity index (χ1n) is 7.99. The van der Waals surface area contributed by atoms with Gasteiger partial charge in [-0.25, -0.2) is 0 Å². The molecule has 1 aliphatic heterocycles. The molecule has 0 spiro atoms. The Morgan fingerprint density at radius 3 is 3.04 bits per heavy atom. The molecule has 4 rings (SSSR count). The molecule has 1 saturated heterocycles. The van der Waals surface area contributed by atoms with Crippen molar-refractivity contribution < 1.29 is 4.79 Å². The van der Waals surface area contributed by atoms with Gasteiger partial charge >= 0.3 is 0 Å². The van der Waals surface area contributed by atoms with Crippen molar-refractivity contribution in [3.63, 3.8) is 0 Å². The number of Topliss-reactive ketones (excluding diaryl/α,β-unsaturated/α-hetero) is 1. The van der Waals surface area contributed by atoms with E-state index in [0.29, 0.717) is 27.1 Å². The predicted molar refractivity (Wildman–Crippen MR) is 93.6 cm³/mol. The van der Waals surface area contributed by atoms with Crippen LogP contribution in [0.4, 0.5) is 0 Å². The van der Waals surface area contributed by atoms with Crippen LogP contribution in [-0.2, 0) is 11.3 Å². The van der Waals surface area contributed by atoms with Crippen LogP contribution in [0.25, 0.3) is 21.8 Å². The molecule has 0 saturated carbocycles. The van der Waals surface area contributed by atoms with Crippen LogP contribution >= 0.6 is 11.6 Å². The third-order valence-electron chi connectivity index (χ3n) is 4.67. The number of halogens is 1. The highest BCUT2D eigenvalue weighted by Crippen LogP contribution is 2.26. The minimum atomic E-state index is -0.197. The standard InChI is InChI=1S/C17H17ClN4O2/c1-9-15-16(21-20-9)11-7-10(18)4-5-13(11)22(17(15)24)8-14(23)12-3-2-6-19-12/h4-5,7,12,19H,2-3,6,8H2,1H3,(H,20,21). The summed E-state index contributed by atoms with van der Waals surface area (Å²) < 4.78 is 1.54. The average Bonchev–Trinajstić information content (AvgIpc) is 3.21. The first kappa shape index (κ1) is 15.4. The molecule has 2 aromatic heterocycles. The van der Waals surface area contributed by atoms with Crippen molar-refractivity contribution in [3.8, 4) is 0 Å². The van der Waals surface area contributed by atoms with E-state index in [2.05, 4.69) is 15.5 Å². The van der Waals surface area contributed by atoms with E-state index in [1.807, 2.05) is 0 Å². The number of aromatic amines is 1. The molecule has 0 radical (unpaired) electrons. The van der Waals surface area contributed by atoms with E-state index in [9.17, 15) is 9.59 Å². The summed E-state index contributed by atoms with van der Waals surface area (Å²) in [5, 5.41) is 12.2. The number of carbonyl (C=O) groups is 1. The number of aromatic nitrogens is 3. The largest absolute Gasteiger partial charge is 0.307 e. The van der Waals surface area contributed by atoms with E-state index in [0.717, 1.165) is 24.8 Å². The number of fused-ring (bicyclic) bond motifs is 3. The summed E-state index contributed by atoms with van der Waals surface area (Å²) >= 11 is 6.13. The van der Waals surface area contributed by atoms with Gasteiger partial charge < -0.3 is 9.88 Å². The Balaban J connectivity index is 1.95. The summed E-state index contributed by atoms with van der Waals surface area (Å²) in [5.41, 5.74) is 1.77. The Labute approximate surface area is 142 Å². The van der Waals surface area contributed by atoms with Crippen LogP contribution in [0.5, 0.6) is 0 Å². The predicted octanol–water partition coefficient (Wildman–Crippen LogP) is 2.16. The molecule has 2 N–H and O–H groups in total. The molecule has 3 heterocycles. The number of nitrogens with zero attached hydrogens (tertiary/aromatic N) is 2. The lowest BCUT2D eigenvalue weighted by Gasteiger charge is -2.14. The summed E-state index contributed by atoms with van der Waals surface area (Å²) in [5.74, 6) is 0.0337. The molecule has 3 aromatic rings. The second-order valence-electron chi connectivity index (χ2n) is 6.24. The highest BCUT2D eigenvalue weighted by molar-refractivity contribution is 6.31. The first-order valence-corrected chi connectivity index (χ1v) is 8.37. The number of hydrogen-bond donors (Lipinski definition) is 2. The molecular weight excluding hydrogens is 328 g/mol. The smallest absolute Gasteiger partial charge is 0.262 e. The second kappa shape index (κ2) is 5.72. The van der Waals surface area contributed by atoms with Crippen LogP contribution in [-0.4, -0.2) is 33.1 Å². The molecule has 1 atom stereocenters. The Morgan fingerprint density at radius 2 is 2.29 bits per heavy atom. The number of benzene rings is 1. The molecule has 1 aliphatic rings. The average molecular weight is 345 g/mol. The number of nitrogens with one attached hydrogen (secondary N) is 2. The third kappa shape index (κ3) is 2.34. The van der Waals surface area contributed by atoms with Crippen LogP contribution in [0.2, 0.25) is 5.02 Å². The van der Waals surface area contributed by atoms with Gasteiger partial charge in [0.05, 0.1) is 23.5 Å². The SMILES string of the molecule is Cc1[nH]nc2c1c(=O)n(CC(=O)C1CCCN1)c1ccc(Cl)cc21. The summed E-state index contributed by atoms with van der Waals surface area (Å²) in [7, 11) is 0. The van der Waals surface area contributed by atoms with Crippen molar-refractivity contribution >= 4 is 39.2 Å². The topological polar surface area (TPSA) is 79.8 Å². The van der Waals surface area contributed by atoms with Crippen molar-refractivity contribution in [3.05, 3.63) is 39.3 Å². The van der Waals surface area contributed by atoms with E-state index < -0.39 is 0 Å². The molecule has 0 amide bonds. The number of carbonyl (C=O) groups excluding carboxylic acids is 1. The fourth-order valence-corrected chi connectivity index (χ4v) is 3.62. The number of rotatable bonds is 3. The first-order chi connectivity index (χ1) is 11.6. The number of H-pyrrole nitrogens is 1. The van der Waals surface area contributed by atoms with Crippen LogP contribution < -0.4 is 10.9 Å². The van der Waals surface area contributed by atoms with Gasteiger partial charge in [-0.1, -0.05) is 11.6 Å². The van der Waals surface area contributed by atoms with Crippen molar-refractivity contribution in [1.29, 1.82) is 0 Å². The Bertz CT molecular complexity index is 1010. The minimum Gasteiger partial charge on any atom is -0.307 e. The van der Waals surface area contributed by atoms with Gasteiger partial charge in [-0.2, -0.15) is 5.10 Å². The molecule has 1 fully saturated rings. The van der Waals surface area contributed by atoms with E-state index in [-0.39, 0.29) is 23.9 Å². The molecular formula is C17H17ClN4O2. The molecule has 1 unspecified atom stereocenters. The zero-order valence-electron chi connectivity index (χ0n) is 13.2. The zero-order chi connectivity index (χ0) is 16.8. The van der Waals surface area contributed by atoms with Gasteiger partial charge in [-0.15, -0.1) is 0 Å². The summed E-state index contributed by atoms with van der Waals surface area (Å²) in [6, 6.07) is 5.12. The summed E-state index contributed by atoms with van der Waals surface area (Å²) in [6.45, 7) is 2.70. The van der Waals surface area contributed by atoms with E-state index >= 15 is 0 Å². The van der Waals surface area contributed by atoms with E-state index in [1.54, 1.807) is 29.7 Å². The van der Waals surface area contributed by atoms with Gasteiger partial charge in [-0.05, 0) is 44.5 Å². The van der Waals surface area contributed by atoms with Crippen LogP contribution in [0.1, 0.15) is 18.5 Å². The zero-order valence-corrected chi connectivity index (χ0v) is 14.0. The highest BCUT2D eigenvalue weighted by Gasteiger charge is 2.24. The number of aryl methyl sites for hydroxylation is 1. The summed E-state index contributed by atoms with van der Waals surface area (Å²) in [6.07, 6.45) is 1.81. The number of ketones is 1. The van der Waals surface area contributed by atoms with Gasteiger partial charge in [0.15, 0.2) is 5.78 Å². The van der Waals surface area contributed by atoms with Crippen LogP contribution in [0.3, 0.4) is 0 Å². The molecule has 0 aliphatic carbocycles. The molecule has 1 aromatic carbocycles. The maximum Gasteiger partial charge on any atom is 0.262 e. The van der Waals surface area contributed by atoms with Crippen molar-refractivity contribution in [2.45, 2.75) is 32.4 Å². The minimum absolute atomic E-state index is 0.0337. The van der Waals surface area contributed by atoms with Gasteiger partial charge in [0.2, 0.25) is 0 Å². The quantitative estimate of drug-likeness (QED) is 0.763. The second-order valence-corrected chi connectivity index (χ2v) is 6.68. The Hall–Kier alpha value is -2.18. The van der Waals surface area contributed by atoms with E-state index in [1.165, 1.54) is 0 Å². The van der Waals surface area contributed by atoms with Crippen LogP contribution in [0.15, 0.2) is 23.0 Å². The van der Waals surface area contributed by atoms with Crippen molar-refractivity contribution in [2.75, 3.05) is 6.54 Å². The maximum atomic E-state index is 13.0. The maximum absolute atomic E-state index is 13.0. The fourth-order valence-electron chi connectivity index (χ4n) is 3.45. The molecule has 0 bridgehead atoms. The van der Waals surface area contributed by atoms with Gasteiger partial charge in [0.1, 0.15) is 5.52 Å². The van der Waals surface area contributed by atoms with Gasteiger partial charge in [0.25, 0.3) is 5.56 Å². The monoisotopic (exact) mass is 344 g/mol. The van der Waals surface area contributed by atoms with Gasteiger partial charge in [0, 0.05) is 16.1 Å². The lowest BCUT2D eigenvalue weighted by Crippen LogP contribution is -2.36. The summed E-state index contributed by atoms with van der Waals surface area (Å²) in [4.78, 5) is 25.5.